The van der Waals surface area contributed by atoms with Crippen LogP contribution in [0.3, 0.4) is 0 Å². The van der Waals surface area contributed by atoms with Crippen molar-refractivity contribution in [1.29, 1.82) is 0 Å². The van der Waals surface area contributed by atoms with Crippen LogP contribution >= 0.6 is 0 Å². The van der Waals surface area contributed by atoms with E-state index in [1.807, 2.05) is 6.07 Å². The molecule has 0 spiro atoms. The summed E-state index contributed by atoms with van der Waals surface area (Å²) in [6.45, 7) is 0.881. The lowest BCUT2D eigenvalue weighted by Crippen LogP contribution is -2.28. The van der Waals surface area contributed by atoms with E-state index in [2.05, 4.69) is 34.7 Å². The standard InChI is InChI=1S/C18H24N2O/c21-18(20-12-14-6-1-2-7-14)11-5-8-15-13-19-17-10-4-3-9-16(15)17/h3-4,9-10,13-14,19H,1-2,5-8,11-12H2,(H,20,21). The van der Waals surface area contributed by atoms with Gasteiger partial charge in [0.15, 0.2) is 0 Å². The van der Waals surface area contributed by atoms with Gasteiger partial charge in [-0.2, -0.15) is 0 Å². The number of carbonyl (C=O) groups excluding carboxylic acids is 1. The van der Waals surface area contributed by atoms with Crippen molar-refractivity contribution in [2.75, 3.05) is 6.54 Å². The highest BCUT2D eigenvalue weighted by molar-refractivity contribution is 5.83. The van der Waals surface area contributed by atoms with Crippen molar-refractivity contribution in [1.82, 2.24) is 10.3 Å². The molecule has 0 unspecified atom stereocenters. The van der Waals surface area contributed by atoms with Gasteiger partial charge in [0, 0.05) is 30.1 Å². The van der Waals surface area contributed by atoms with E-state index < -0.39 is 0 Å². The largest absolute Gasteiger partial charge is 0.361 e. The molecule has 112 valence electrons. The van der Waals surface area contributed by atoms with Gasteiger partial charge in [0.25, 0.3) is 0 Å². The molecule has 1 aromatic carbocycles. The van der Waals surface area contributed by atoms with Gasteiger partial charge in [-0.15, -0.1) is 0 Å². The maximum absolute atomic E-state index is 11.9. The van der Waals surface area contributed by atoms with E-state index in [1.165, 1.54) is 42.1 Å². The Kier molecular flexibility index (Phi) is 4.59. The van der Waals surface area contributed by atoms with Crippen molar-refractivity contribution in [3.05, 3.63) is 36.0 Å². The summed E-state index contributed by atoms with van der Waals surface area (Å²) in [7, 11) is 0. The molecule has 1 aliphatic rings. The number of amides is 1. The van der Waals surface area contributed by atoms with E-state index in [9.17, 15) is 4.79 Å². The van der Waals surface area contributed by atoms with E-state index >= 15 is 0 Å². The summed E-state index contributed by atoms with van der Waals surface area (Å²) in [6, 6.07) is 8.33. The lowest BCUT2D eigenvalue weighted by atomic mass is 10.1. The number of hydrogen-bond donors (Lipinski definition) is 2. The first-order valence-electron chi connectivity index (χ1n) is 8.14. The third-order valence-electron chi connectivity index (χ3n) is 4.59. The van der Waals surface area contributed by atoms with E-state index in [-0.39, 0.29) is 5.91 Å². The molecule has 1 fully saturated rings. The molecule has 21 heavy (non-hydrogen) atoms. The fourth-order valence-electron chi connectivity index (χ4n) is 3.34. The summed E-state index contributed by atoms with van der Waals surface area (Å²) in [5, 5.41) is 4.38. The van der Waals surface area contributed by atoms with Crippen LogP contribution in [0.15, 0.2) is 30.5 Å². The first-order chi connectivity index (χ1) is 10.3. The predicted octanol–water partition coefficient (Wildman–Crippen LogP) is 3.80. The Bertz CT molecular complexity index is 596. The van der Waals surface area contributed by atoms with Crippen LogP contribution in [-0.4, -0.2) is 17.4 Å². The highest BCUT2D eigenvalue weighted by Crippen LogP contribution is 2.23. The maximum atomic E-state index is 11.9. The van der Waals surface area contributed by atoms with Crippen molar-refractivity contribution in [2.24, 2.45) is 5.92 Å². The Morgan fingerprint density at radius 3 is 2.90 bits per heavy atom. The number of aromatic nitrogens is 1. The van der Waals surface area contributed by atoms with Crippen LogP contribution in [0, 0.1) is 5.92 Å². The van der Waals surface area contributed by atoms with Gasteiger partial charge >= 0.3 is 0 Å². The number of nitrogens with one attached hydrogen (secondary N) is 2. The fraction of sp³-hybridized carbons (Fsp3) is 0.500. The molecule has 0 saturated heterocycles. The highest BCUT2D eigenvalue weighted by Gasteiger charge is 2.15. The SMILES string of the molecule is O=C(CCCc1c[nH]c2ccccc12)NCC1CCCC1. The molecule has 1 aromatic heterocycles. The molecule has 3 nitrogen and oxygen atoms in total. The minimum absolute atomic E-state index is 0.210. The second kappa shape index (κ2) is 6.79. The van der Waals surface area contributed by atoms with Gasteiger partial charge in [-0.1, -0.05) is 31.0 Å². The molecule has 0 atom stereocenters. The highest BCUT2D eigenvalue weighted by atomic mass is 16.1. The molecule has 1 heterocycles. The molecular weight excluding hydrogens is 260 g/mol. The van der Waals surface area contributed by atoms with Gasteiger partial charge in [-0.05, 0) is 43.2 Å². The lowest BCUT2D eigenvalue weighted by Gasteiger charge is -2.10. The summed E-state index contributed by atoms with van der Waals surface area (Å²) < 4.78 is 0. The Balaban J connectivity index is 1.42. The lowest BCUT2D eigenvalue weighted by molar-refractivity contribution is -0.121. The van der Waals surface area contributed by atoms with Gasteiger partial charge in [0.1, 0.15) is 0 Å². The molecule has 3 heteroatoms. The van der Waals surface area contributed by atoms with Crippen LogP contribution in [0.4, 0.5) is 0 Å². The molecule has 0 radical (unpaired) electrons. The smallest absolute Gasteiger partial charge is 0.220 e. The average Bonchev–Trinajstić information content (AvgIpc) is 3.15. The molecular formula is C18H24N2O. The Morgan fingerprint density at radius 2 is 2.05 bits per heavy atom. The van der Waals surface area contributed by atoms with Gasteiger partial charge in [-0.25, -0.2) is 0 Å². The molecule has 1 saturated carbocycles. The van der Waals surface area contributed by atoms with Crippen molar-refractivity contribution in [3.8, 4) is 0 Å². The van der Waals surface area contributed by atoms with E-state index in [0.717, 1.165) is 25.3 Å². The number of H-pyrrole nitrogens is 1. The van der Waals surface area contributed by atoms with E-state index in [0.29, 0.717) is 6.42 Å². The van der Waals surface area contributed by atoms with Crippen LogP contribution in [0.5, 0.6) is 0 Å². The zero-order chi connectivity index (χ0) is 14.5. The Morgan fingerprint density at radius 1 is 1.24 bits per heavy atom. The Labute approximate surface area is 126 Å². The number of benzene rings is 1. The Hall–Kier alpha value is -1.77. The summed E-state index contributed by atoms with van der Waals surface area (Å²) in [6.07, 6.45) is 9.82. The van der Waals surface area contributed by atoms with Crippen LogP contribution < -0.4 is 5.32 Å². The number of hydrogen-bond acceptors (Lipinski definition) is 1. The van der Waals surface area contributed by atoms with Crippen molar-refractivity contribution in [2.45, 2.75) is 44.9 Å². The normalized spacial score (nSPS) is 15.6. The summed E-state index contributed by atoms with van der Waals surface area (Å²) in [4.78, 5) is 15.2. The number of aryl methyl sites for hydroxylation is 1. The number of carbonyl (C=O) groups is 1. The van der Waals surface area contributed by atoms with E-state index in [1.54, 1.807) is 0 Å². The van der Waals surface area contributed by atoms with Gasteiger partial charge in [0.2, 0.25) is 5.91 Å². The average molecular weight is 284 g/mol. The quantitative estimate of drug-likeness (QED) is 0.832. The fourth-order valence-corrected chi connectivity index (χ4v) is 3.34. The minimum Gasteiger partial charge on any atom is -0.361 e. The molecule has 0 aliphatic heterocycles. The second-order valence-electron chi connectivity index (χ2n) is 6.17. The number of fused-ring (bicyclic) bond motifs is 1. The first-order valence-corrected chi connectivity index (χ1v) is 8.14. The molecule has 2 aromatic rings. The van der Waals surface area contributed by atoms with Crippen molar-refractivity contribution >= 4 is 16.8 Å². The third-order valence-corrected chi connectivity index (χ3v) is 4.59. The summed E-state index contributed by atoms with van der Waals surface area (Å²) >= 11 is 0. The number of rotatable bonds is 6. The molecule has 3 rings (SSSR count). The maximum Gasteiger partial charge on any atom is 0.220 e. The molecule has 2 N–H and O–H groups in total. The predicted molar refractivity (Wildman–Crippen MR) is 86.2 cm³/mol. The van der Waals surface area contributed by atoms with Gasteiger partial charge in [-0.3, -0.25) is 4.79 Å². The molecule has 1 aliphatic carbocycles. The first kappa shape index (κ1) is 14.2. The van der Waals surface area contributed by atoms with Crippen molar-refractivity contribution in [3.63, 3.8) is 0 Å². The van der Waals surface area contributed by atoms with Crippen LogP contribution in [-0.2, 0) is 11.2 Å². The summed E-state index contributed by atoms with van der Waals surface area (Å²) in [5.41, 5.74) is 2.49. The van der Waals surface area contributed by atoms with Crippen molar-refractivity contribution < 1.29 is 4.79 Å². The van der Waals surface area contributed by atoms with Gasteiger partial charge in [0.05, 0.1) is 0 Å². The zero-order valence-corrected chi connectivity index (χ0v) is 12.5. The molecule has 1 amide bonds. The topological polar surface area (TPSA) is 44.9 Å². The number of para-hydroxylation sites is 1. The minimum atomic E-state index is 0.210. The second-order valence-corrected chi connectivity index (χ2v) is 6.17. The summed E-state index contributed by atoms with van der Waals surface area (Å²) in [5.74, 6) is 0.935. The van der Waals surface area contributed by atoms with Gasteiger partial charge < -0.3 is 10.3 Å². The van der Waals surface area contributed by atoms with Crippen LogP contribution in [0.1, 0.15) is 44.1 Å². The van der Waals surface area contributed by atoms with E-state index in [4.69, 9.17) is 0 Å². The molecule has 0 bridgehead atoms. The zero-order valence-electron chi connectivity index (χ0n) is 12.5. The van der Waals surface area contributed by atoms with Crippen LogP contribution in [0.25, 0.3) is 10.9 Å². The van der Waals surface area contributed by atoms with Crippen LogP contribution in [0.2, 0.25) is 0 Å². The number of aromatic amines is 1. The third kappa shape index (κ3) is 3.66. The monoisotopic (exact) mass is 284 g/mol.